The molecule has 0 saturated heterocycles. The fraction of sp³-hybridized carbons (Fsp3) is 0.714. The summed E-state index contributed by atoms with van der Waals surface area (Å²) in [5, 5.41) is 9.10. The van der Waals surface area contributed by atoms with Crippen molar-refractivity contribution in [1.29, 1.82) is 0 Å². The maximum atomic E-state index is 12.3. The van der Waals surface area contributed by atoms with Gasteiger partial charge < -0.3 is 5.11 Å². The van der Waals surface area contributed by atoms with Crippen molar-refractivity contribution in [3.63, 3.8) is 0 Å². The summed E-state index contributed by atoms with van der Waals surface area (Å²) < 4.78 is 27.9. The Morgan fingerprint density at radius 2 is 2.05 bits per heavy atom. The molecule has 0 aliphatic rings. The quantitative estimate of drug-likeness (QED) is 0.621. The van der Waals surface area contributed by atoms with Crippen LogP contribution < -0.4 is 4.72 Å². The number of rotatable bonds is 9. The summed E-state index contributed by atoms with van der Waals surface area (Å²) in [6.45, 7) is 6.57. The number of hydrogen-bond acceptors (Lipinski definition) is 4. The summed E-state index contributed by atoms with van der Waals surface area (Å²) in [6.07, 6.45) is 4.44. The molecule has 0 unspecified atom stereocenters. The topological polar surface area (TPSA) is 66.4 Å². The fourth-order valence-corrected chi connectivity index (χ4v) is 5.75. The van der Waals surface area contributed by atoms with Crippen molar-refractivity contribution >= 4 is 37.3 Å². The summed E-state index contributed by atoms with van der Waals surface area (Å²) >= 11 is 4.49. The van der Waals surface area contributed by atoms with E-state index in [0.29, 0.717) is 15.2 Å². The van der Waals surface area contributed by atoms with Gasteiger partial charge >= 0.3 is 0 Å². The molecule has 1 aromatic heterocycles. The minimum atomic E-state index is -3.54. The Labute approximate surface area is 140 Å². The van der Waals surface area contributed by atoms with Gasteiger partial charge in [0.05, 0.1) is 10.4 Å². The molecule has 0 aliphatic heterocycles. The molecule has 0 aromatic carbocycles. The van der Waals surface area contributed by atoms with E-state index in [2.05, 4.69) is 41.4 Å². The van der Waals surface area contributed by atoms with Crippen molar-refractivity contribution in [2.24, 2.45) is 5.41 Å². The molecular formula is C14H24BrNO3S2. The smallest absolute Gasteiger partial charge is 0.242 e. The van der Waals surface area contributed by atoms with Gasteiger partial charge in [-0.05, 0) is 33.8 Å². The average molecular weight is 398 g/mol. The summed E-state index contributed by atoms with van der Waals surface area (Å²) in [6, 6.07) is 1.52. The second-order valence-corrected chi connectivity index (χ2v) is 10.1. The number of aliphatic hydroxyl groups excluding tert-OH is 1. The first-order valence-electron chi connectivity index (χ1n) is 7.10. The van der Waals surface area contributed by atoms with Crippen LogP contribution in [0.5, 0.6) is 0 Å². The van der Waals surface area contributed by atoms with Gasteiger partial charge in [0.15, 0.2) is 0 Å². The molecular weight excluding hydrogens is 374 g/mol. The van der Waals surface area contributed by atoms with Crippen LogP contribution in [0.1, 0.15) is 51.3 Å². The van der Waals surface area contributed by atoms with Gasteiger partial charge in [0.1, 0.15) is 4.90 Å². The molecule has 0 fully saturated rings. The number of nitrogens with one attached hydrogen (secondary N) is 1. The van der Waals surface area contributed by atoms with Gasteiger partial charge in [-0.1, -0.05) is 40.0 Å². The van der Waals surface area contributed by atoms with Crippen LogP contribution in [0.4, 0.5) is 0 Å². The van der Waals surface area contributed by atoms with Crippen molar-refractivity contribution < 1.29 is 13.5 Å². The van der Waals surface area contributed by atoms with E-state index in [4.69, 9.17) is 5.11 Å². The number of unbranched alkanes of at least 4 members (excludes halogenated alkanes) is 2. The summed E-state index contributed by atoms with van der Waals surface area (Å²) in [5.41, 5.74) is -0.0649. The monoisotopic (exact) mass is 397 g/mol. The van der Waals surface area contributed by atoms with Crippen LogP contribution in [0, 0.1) is 5.41 Å². The van der Waals surface area contributed by atoms with Gasteiger partial charge in [0, 0.05) is 11.4 Å². The lowest BCUT2D eigenvalue weighted by molar-refractivity contribution is 0.285. The van der Waals surface area contributed by atoms with Gasteiger partial charge in [0.25, 0.3) is 0 Å². The second kappa shape index (κ2) is 8.06. The zero-order valence-electron chi connectivity index (χ0n) is 12.8. The van der Waals surface area contributed by atoms with Crippen molar-refractivity contribution in [2.75, 3.05) is 6.54 Å². The van der Waals surface area contributed by atoms with Gasteiger partial charge in [0.2, 0.25) is 10.0 Å². The van der Waals surface area contributed by atoms with E-state index in [0.717, 1.165) is 19.3 Å². The van der Waals surface area contributed by atoms with E-state index in [1.54, 1.807) is 0 Å². The third-order valence-electron chi connectivity index (χ3n) is 3.35. The molecule has 7 heteroatoms. The first-order chi connectivity index (χ1) is 9.72. The van der Waals surface area contributed by atoms with Crippen molar-refractivity contribution in [1.82, 2.24) is 4.72 Å². The molecule has 21 heavy (non-hydrogen) atoms. The van der Waals surface area contributed by atoms with E-state index in [1.165, 1.54) is 23.8 Å². The van der Waals surface area contributed by atoms with E-state index in [9.17, 15) is 8.42 Å². The van der Waals surface area contributed by atoms with E-state index < -0.39 is 10.0 Å². The number of thiophene rings is 1. The highest BCUT2D eigenvalue weighted by Crippen LogP contribution is 2.32. The van der Waals surface area contributed by atoms with Crippen LogP contribution in [0.2, 0.25) is 0 Å². The molecule has 2 N–H and O–H groups in total. The van der Waals surface area contributed by atoms with Crippen molar-refractivity contribution in [2.45, 2.75) is 58.0 Å². The third-order valence-corrected chi connectivity index (χ3v) is 6.99. The SMILES string of the molecule is CCCCCC(C)(C)CNS(=O)(=O)c1cc(CO)sc1Br. The van der Waals surface area contributed by atoms with E-state index >= 15 is 0 Å². The first kappa shape index (κ1) is 19.1. The third kappa shape index (κ3) is 5.98. The highest BCUT2D eigenvalue weighted by atomic mass is 79.9. The standard InChI is InChI=1S/C14H24BrNO3S2/c1-4-5-6-7-14(2,3)10-16-21(18,19)12-8-11(9-17)20-13(12)15/h8,16-17H,4-7,9-10H2,1-3H3. The molecule has 0 bridgehead atoms. The maximum Gasteiger partial charge on any atom is 0.242 e. The minimum Gasteiger partial charge on any atom is -0.391 e. The predicted molar refractivity (Wildman–Crippen MR) is 91.1 cm³/mol. The molecule has 1 rings (SSSR count). The van der Waals surface area contributed by atoms with Crippen LogP contribution >= 0.6 is 27.3 Å². The summed E-state index contributed by atoms with van der Waals surface area (Å²) in [4.78, 5) is 0.838. The summed E-state index contributed by atoms with van der Waals surface area (Å²) in [5.74, 6) is 0. The van der Waals surface area contributed by atoms with Crippen LogP contribution in [0.3, 0.4) is 0 Å². The van der Waals surface area contributed by atoms with Crippen LogP contribution in [-0.4, -0.2) is 20.1 Å². The number of aliphatic hydroxyl groups is 1. The van der Waals surface area contributed by atoms with Crippen molar-refractivity contribution in [3.05, 3.63) is 14.7 Å². The lowest BCUT2D eigenvalue weighted by Gasteiger charge is -2.24. The molecule has 4 nitrogen and oxygen atoms in total. The Bertz CT molecular complexity index is 553. The van der Waals surface area contributed by atoms with Crippen LogP contribution in [-0.2, 0) is 16.6 Å². The molecule has 0 radical (unpaired) electrons. The van der Waals surface area contributed by atoms with E-state index in [-0.39, 0.29) is 16.9 Å². The zero-order valence-corrected chi connectivity index (χ0v) is 16.0. The fourth-order valence-electron chi connectivity index (χ4n) is 1.97. The van der Waals surface area contributed by atoms with Crippen LogP contribution in [0.15, 0.2) is 14.7 Å². The number of hydrogen-bond donors (Lipinski definition) is 2. The molecule has 0 aliphatic carbocycles. The Hall–Kier alpha value is 0.0500. The zero-order chi connectivity index (χ0) is 16.1. The molecule has 0 amide bonds. The first-order valence-corrected chi connectivity index (χ1v) is 10.2. The predicted octanol–water partition coefficient (Wildman–Crippen LogP) is 3.89. The normalized spacial score (nSPS) is 12.8. The van der Waals surface area contributed by atoms with E-state index in [1.807, 2.05) is 0 Å². The number of sulfonamides is 1. The number of halogens is 1. The summed E-state index contributed by atoms with van der Waals surface area (Å²) in [7, 11) is -3.54. The Kier molecular flexibility index (Phi) is 7.33. The van der Waals surface area contributed by atoms with Crippen LogP contribution in [0.25, 0.3) is 0 Å². The molecule has 0 saturated carbocycles. The van der Waals surface area contributed by atoms with Gasteiger partial charge in [-0.3, -0.25) is 0 Å². The Morgan fingerprint density at radius 1 is 1.38 bits per heavy atom. The molecule has 0 spiro atoms. The lowest BCUT2D eigenvalue weighted by atomic mass is 9.87. The van der Waals surface area contributed by atoms with Crippen molar-refractivity contribution in [3.8, 4) is 0 Å². The minimum absolute atomic E-state index is 0.0649. The largest absolute Gasteiger partial charge is 0.391 e. The molecule has 1 heterocycles. The lowest BCUT2D eigenvalue weighted by Crippen LogP contribution is -2.34. The highest BCUT2D eigenvalue weighted by Gasteiger charge is 2.25. The second-order valence-electron chi connectivity index (χ2n) is 5.95. The molecule has 0 atom stereocenters. The highest BCUT2D eigenvalue weighted by molar-refractivity contribution is 9.11. The maximum absolute atomic E-state index is 12.3. The Balaban J connectivity index is 2.70. The average Bonchev–Trinajstić information content (AvgIpc) is 2.79. The molecule has 1 aromatic rings. The Morgan fingerprint density at radius 3 is 2.57 bits per heavy atom. The van der Waals surface area contributed by atoms with Gasteiger partial charge in [-0.2, -0.15) is 0 Å². The molecule has 122 valence electrons. The van der Waals surface area contributed by atoms with Gasteiger partial charge in [-0.25, -0.2) is 13.1 Å². The van der Waals surface area contributed by atoms with Gasteiger partial charge in [-0.15, -0.1) is 11.3 Å².